The second-order valence-corrected chi connectivity index (χ2v) is 4.41. The van der Waals surface area contributed by atoms with E-state index in [0.29, 0.717) is 12.5 Å². The number of rotatable bonds is 8. The average Bonchev–Trinajstić information content (AvgIpc) is 2.39. The Balaban J connectivity index is 2.41. The fraction of sp³-hybridized carbons (Fsp3) is 0.643. The molecule has 3 heteroatoms. The maximum absolute atomic E-state index is 5.80. The minimum Gasteiger partial charge on any atom is -0.493 e. The van der Waals surface area contributed by atoms with Crippen molar-refractivity contribution in [2.75, 3.05) is 6.61 Å². The molecular weight excluding hydrogens is 212 g/mol. The third kappa shape index (κ3) is 5.18. The van der Waals surface area contributed by atoms with E-state index in [4.69, 9.17) is 10.5 Å². The van der Waals surface area contributed by atoms with Crippen LogP contribution in [0.1, 0.15) is 45.2 Å². The largest absolute Gasteiger partial charge is 0.493 e. The smallest absolute Gasteiger partial charge is 0.122 e. The molecule has 1 atom stereocenters. The third-order valence-corrected chi connectivity index (χ3v) is 3.03. The summed E-state index contributed by atoms with van der Waals surface area (Å²) in [6.07, 6.45) is 6.72. The number of unbranched alkanes of at least 4 members (excludes halogenated alkanes) is 1. The molecule has 0 aliphatic carbocycles. The molecule has 0 saturated heterocycles. The van der Waals surface area contributed by atoms with Crippen molar-refractivity contribution in [3.8, 4) is 5.75 Å². The van der Waals surface area contributed by atoms with Crippen molar-refractivity contribution < 1.29 is 4.74 Å². The zero-order valence-electron chi connectivity index (χ0n) is 11.0. The molecule has 0 bridgehead atoms. The lowest BCUT2D eigenvalue weighted by Crippen LogP contribution is -2.11. The van der Waals surface area contributed by atoms with Crippen LogP contribution in [0.5, 0.6) is 5.75 Å². The SMILES string of the molecule is CCCCC(CC)COc1ccnc(CN)c1. The number of nitrogens with two attached hydrogens (primary N) is 1. The van der Waals surface area contributed by atoms with Crippen LogP contribution in [0.2, 0.25) is 0 Å². The highest BCUT2D eigenvalue weighted by atomic mass is 16.5. The van der Waals surface area contributed by atoms with Crippen LogP contribution in [0.4, 0.5) is 0 Å². The lowest BCUT2D eigenvalue weighted by Gasteiger charge is -2.15. The molecule has 3 nitrogen and oxygen atoms in total. The van der Waals surface area contributed by atoms with E-state index in [1.165, 1.54) is 25.7 Å². The fourth-order valence-electron chi connectivity index (χ4n) is 1.77. The van der Waals surface area contributed by atoms with Gasteiger partial charge >= 0.3 is 0 Å². The van der Waals surface area contributed by atoms with Crippen molar-refractivity contribution in [1.82, 2.24) is 4.98 Å². The molecule has 0 spiro atoms. The molecule has 0 aliphatic heterocycles. The molecule has 0 saturated carbocycles. The van der Waals surface area contributed by atoms with Crippen molar-refractivity contribution in [1.29, 1.82) is 0 Å². The summed E-state index contributed by atoms with van der Waals surface area (Å²) < 4.78 is 5.80. The number of hydrogen-bond acceptors (Lipinski definition) is 3. The van der Waals surface area contributed by atoms with E-state index < -0.39 is 0 Å². The highest BCUT2D eigenvalue weighted by Gasteiger charge is 2.07. The Labute approximate surface area is 104 Å². The van der Waals surface area contributed by atoms with E-state index >= 15 is 0 Å². The van der Waals surface area contributed by atoms with Gasteiger partial charge in [0.05, 0.1) is 12.3 Å². The quantitative estimate of drug-likeness (QED) is 0.754. The van der Waals surface area contributed by atoms with E-state index in [-0.39, 0.29) is 0 Å². The second kappa shape index (κ2) is 8.07. The molecule has 2 N–H and O–H groups in total. The molecular formula is C14H24N2O. The van der Waals surface area contributed by atoms with Gasteiger partial charge in [0.25, 0.3) is 0 Å². The van der Waals surface area contributed by atoms with Crippen molar-refractivity contribution in [2.24, 2.45) is 11.7 Å². The van der Waals surface area contributed by atoms with Gasteiger partial charge in [-0.3, -0.25) is 4.98 Å². The molecule has 1 aromatic heterocycles. The van der Waals surface area contributed by atoms with Crippen molar-refractivity contribution >= 4 is 0 Å². The lowest BCUT2D eigenvalue weighted by atomic mass is 10.0. The zero-order chi connectivity index (χ0) is 12.5. The van der Waals surface area contributed by atoms with Crippen LogP contribution in [0.25, 0.3) is 0 Å². The minimum atomic E-state index is 0.463. The minimum absolute atomic E-state index is 0.463. The molecule has 1 rings (SSSR count). The normalized spacial score (nSPS) is 12.4. The first kappa shape index (κ1) is 14.0. The number of pyridine rings is 1. The van der Waals surface area contributed by atoms with Gasteiger partial charge in [0.2, 0.25) is 0 Å². The number of aromatic nitrogens is 1. The zero-order valence-corrected chi connectivity index (χ0v) is 11.0. The van der Waals surface area contributed by atoms with Gasteiger partial charge in [0.15, 0.2) is 0 Å². The molecule has 1 unspecified atom stereocenters. The Bertz CT molecular complexity index is 315. The maximum Gasteiger partial charge on any atom is 0.122 e. The summed E-state index contributed by atoms with van der Waals surface area (Å²) in [5, 5.41) is 0. The van der Waals surface area contributed by atoms with Gasteiger partial charge in [-0.25, -0.2) is 0 Å². The molecule has 0 amide bonds. The molecule has 0 aromatic carbocycles. The van der Waals surface area contributed by atoms with Crippen LogP contribution in [-0.2, 0) is 6.54 Å². The molecule has 96 valence electrons. The molecule has 0 radical (unpaired) electrons. The molecule has 1 aromatic rings. The van der Waals surface area contributed by atoms with Gasteiger partial charge < -0.3 is 10.5 Å². The van der Waals surface area contributed by atoms with E-state index in [1.807, 2.05) is 12.1 Å². The highest BCUT2D eigenvalue weighted by molar-refractivity contribution is 5.22. The van der Waals surface area contributed by atoms with E-state index in [0.717, 1.165) is 18.1 Å². The number of nitrogens with zero attached hydrogens (tertiary/aromatic N) is 1. The Hall–Kier alpha value is -1.09. The molecule has 1 heterocycles. The van der Waals surface area contributed by atoms with Crippen LogP contribution < -0.4 is 10.5 Å². The molecule has 0 aliphatic rings. The van der Waals surface area contributed by atoms with Crippen LogP contribution >= 0.6 is 0 Å². The summed E-state index contributed by atoms with van der Waals surface area (Å²) in [4.78, 5) is 4.15. The van der Waals surface area contributed by atoms with Gasteiger partial charge in [-0.15, -0.1) is 0 Å². The van der Waals surface area contributed by atoms with Gasteiger partial charge in [-0.2, -0.15) is 0 Å². The van der Waals surface area contributed by atoms with Crippen LogP contribution in [0, 0.1) is 5.92 Å². The predicted octanol–water partition coefficient (Wildman–Crippen LogP) is 3.14. The van der Waals surface area contributed by atoms with Crippen molar-refractivity contribution in [3.63, 3.8) is 0 Å². The summed E-state index contributed by atoms with van der Waals surface area (Å²) >= 11 is 0. The topological polar surface area (TPSA) is 48.1 Å². The third-order valence-electron chi connectivity index (χ3n) is 3.03. The fourth-order valence-corrected chi connectivity index (χ4v) is 1.77. The molecule has 17 heavy (non-hydrogen) atoms. The Morgan fingerprint density at radius 3 is 2.88 bits per heavy atom. The number of hydrogen-bond donors (Lipinski definition) is 1. The average molecular weight is 236 g/mol. The Morgan fingerprint density at radius 2 is 2.24 bits per heavy atom. The monoisotopic (exact) mass is 236 g/mol. The van der Waals surface area contributed by atoms with Gasteiger partial charge in [-0.1, -0.05) is 33.1 Å². The lowest BCUT2D eigenvalue weighted by molar-refractivity contribution is 0.233. The first-order valence-electron chi connectivity index (χ1n) is 6.57. The summed E-state index contributed by atoms with van der Waals surface area (Å²) in [5.74, 6) is 1.54. The summed E-state index contributed by atoms with van der Waals surface area (Å²) in [5.41, 5.74) is 6.43. The van der Waals surface area contributed by atoms with Gasteiger partial charge in [0, 0.05) is 18.8 Å². The first-order valence-corrected chi connectivity index (χ1v) is 6.57. The Kier molecular flexibility index (Phi) is 6.63. The van der Waals surface area contributed by atoms with Crippen LogP contribution in [-0.4, -0.2) is 11.6 Å². The van der Waals surface area contributed by atoms with Crippen LogP contribution in [0.15, 0.2) is 18.3 Å². The van der Waals surface area contributed by atoms with Crippen molar-refractivity contribution in [3.05, 3.63) is 24.0 Å². The molecule has 0 fully saturated rings. The van der Waals surface area contributed by atoms with Gasteiger partial charge in [0.1, 0.15) is 5.75 Å². The summed E-state index contributed by atoms with van der Waals surface area (Å²) in [6, 6.07) is 3.82. The van der Waals surface area contributed by atoms with E-state index in [9.17, 15) is 0 Å². The second-order valence-electron chi connectivity index (χ2n) is 4.41. The van der Waals surface area contributed by atoms with Crippen molar-refractivity contribution in [2.45, 2.75) is 46.1 Å². The highest BCUT2D eigenvalue weighted by Crippen LogP contribution is 2.16. The van der Waals surface area contributed by atoms with Crippen LogP contribution in [0.3, 0.4) is 0 Å². The van der Waals surface area contributed by atoms with Gasteiger partial charge in [-0.05, 0) is 18.4 Å². The Morgan fingerprint density at radius 1 is 1.41 bits per heavy atom. The maximum atomic E-state index is 5.80. The van der Waals surface area contributed by atoms with E-state index in [1.54, 1.807) is 6.20 Å². The standard InChI is InChI=1S/C14H24N2O/c1-3-5-6-12(4-2)11-17-14-7-8-16-13(9-14)10-15/h7-9,12H,3-6,10-11,15H2,1-2H3. The predicted molar refractivity (Wildman–Crippen MR) is 70.9 cm³/mol. The number of ether oxygens (including phenoxy) is 1. The first-order chi connectivity index (χ1) is 8.30. The summed E-state index contributed by atoms with van der Waals surface area (Å²) in [6.45, 7) is 5.71. The summed E-state index contributed by atoms with van der Waals surface area (Å²) in [7, 11) is 0. The van der Waals surface area contributed by atoms with E-state index in [2.05, 4.69) is 18.8 Å².